The van der Waals surface area contributed by atoms with Crippen LogP contribution in [0.25, 0.3) is 16.5 Å². The average molecular weight is 420 g/mol. The number of hydrogen-bond acceptors (Lipinski definition) is 5. The molecule has 3 aromatic rings. The van der Waals surface area contributed by atoms with Crippen LogP contribution in [0.4, 0.5) is 0 Å². The number of aromatic hydroxyl groups is 1. The van der Waals surface area contributed by atoms with Crippen molar-refractivity contribution in [1.29, 1.82) is 0 Å². The summed E-state index contributed by atoms with van der Waals surface area (Å²) in [5.41, 5.74) is 3.06. The highest BCUT2D eigenvalue weighted by Crippen LogP contribution is 2.27. The van der Waals surface area contributed by atoms with Gasteiger partial charge < -0.3 is 9.84 Å². The second-order valence-electron chi connectivity index (χ2n) is 8.06. The topological polar surface area (TPSA) is 67.1 Å². The van der Waals surface area contributed by atoms with Gasteiger partial charge in [-0.1, -0.05) is 35.9 Å². The first-order valence-electron chi connectivity index (χ1n) is 10.8. The lowest BCUT2D eigenvalue weighted by atomic mass is 10.1. The third-order valence-corrected chi connectivity index (χ3v) is 5.78. The third kappa shape index (κ3) is 4.55. The van der Waals surface area contributed by atoms with E-state index in [2.05, 4.69) is 9.89 Å². The number of rotatable bonds is 6. The van der Waals surface area contributed by atoms with Gasteiger partial charge >= 0.3 is 0 Å². The molecule has 1 fully saturated rings. The third-order valence-electron chi connectivity index (χ3n) is 5.78. The number of pyridine rings is 1. The number of nitrogens with zero attached hydrogens (tertiary/aromatic N) is 3. The van der Waals surface area contributed by atoms with Crippen LogP contribution in [0, 0.1) is 13.8 Å². The standard InChI is InChI=1S/C25H29N3O3/c1-18-8-9-23(19(2)16-18)28-24(29)21-7-4-3-6-20(21)22(25(28)30)17-26-10-5-11-27-12-14-31-15-13-27/h3-4,6-9,16-17,30H,5,10-15H2,1-2H3. The first kappa shape index (κ1) is 21.3. The summed E-state index contributed by atoms with van der Waals surface area (Å²) in [7, 11) is 0. The summed E-state index contributed by atoms with van der Waals surface area (Å²) in [5, 5.41) is 12.4. The molecule has 0 atom stereocenters. The summed E-state index contributed by atoms with van der Waals surface area (Å²) in [5.74, 6) is -0.0763. The molecule has 0 amide bonds. The summed E-state index contributed by atoms with van der Waals surface area (Å²) < 4.78 is 6.78. The van der Waals surface area contributed by atoms with Crippen molar-refractivity contribution in [2.75, 3.05) is 39.4 Å². The van der Waals surface area contributed by atoms with Crippen LogP contribution in [0.2, 0.25) is 0 Å². The maximum Gasteiger partial charge on any atom is 0.265 e. The van der Waals surface area contributed by atoms with Crippen LogP contribution < -0.4 is 5.56 Å². The summed E-state index contributed by atoms with van der Waals surface area (Å²) in [6.07, 6.45) is 2.64. The maximum atomic E-state index is 13.2. The van der Waals surface area contributed by atoms with Gasteiger partial charge in [0, 0.05) is 43.2 Å². The van der Waals surface area contributed by atoms with Gasteiger partial charge in [0.15, 0.2) is 0 Å². The maximum absolute atomic E-state index is 13.2. The fraction of sp³-hybridized carbons (Fsp3) is 0.360. The van der Waals surface area contributed by atoms with E-state index in [1.54, 1.807) is 12.3 Å². The molecule has 6 heteroatoms. The van der Waals surface area contributed by atoms with Gasteiger partial charge in [-0.2, -0.15) is 0 Å². The molecule has 31 heavy (non-hydrogen) atoms. The summed E-state index contributed by atoms with van der Waals surface area (Å²) >= 11 is 0. The molecule has 162 valence electrons. The molecule has 0 radical (unpaired) electrons. The summed E-state index contributed by atoms with van der Waals surface area (Å²) in [6, 6.07) is 13.2. The normalized spacial score (nSPS) is 15.2. The lowest BCUT2D eigenvalue weighted by molar-refractivity contribution is 0.0377. The summed E-state index contributed by atoms with van der Waals surface area (Å²) in [4.78, 5) is 20.2. The first-order chi connectivity index (χ1) is 15.1. The number of fused-ring (bicyclic) bond motifs is 1. The molecule has 4 rings (SSSR count). The molecule has 6 nitrogen and oxygen atoms in total. The minimum atomic E-state index is -0.232. The number of aryl methyl sites for hydroxylation is 2. The molecule has 1 aliphatic heterocycles. The Morgan fingerprint density at radius 3 is 2.58 bits per heavy atom. The van der Waals surface area contributed by atoms with E-state index in [1.807, 2.05) is 50.2 Å². The molecule has 1 aromatic heterocycles. The van der Waals surface area contributed by atoms with Crippen LogP contribution in [-0.2, 0) is 4.74 Å². The second-order valence-corrected chi connectivity index (χ2v) is 8.06. The Morgan fingerprint density at radius 2 is 1.84 bits per heavy atom. The number of ether oxygens (including phenoxy) is 1. The molecule has 0 spiro atoms. The monoisotopic (exact) mass is 419 g/mol. The zero-order chi connectivity index (χ0) is 21.8. The van der Waals surface area contributed by atoms with Gasteiger partial charge in [-0.15, -0.1) is 0 Å². The van der Waals surface area contributed by atoms with Gasteiger partial charge in [0.05, 0.1) is 24.5 Å². The van der Waals surface area contributed by atoms with E-state index in [9.17, 15) is 9.90 Å². The number of aliphatic imine (C=N–C) groups is 1. The predicted molar refractivity (Wildman–Crippen MR) is 125 cm³/mol. The van der Waals surface area contributed by atoms with Gasteiger partial charge in [-0.05, 0) is 38.0 Å². The van der Waals surface area contributed by atoms with Gasteiger partial charge in [0.25, 0.3) is 5.56 Å². The Kier molecular flexibility index (Phi) is 6.49. The van der Waals surface area contributed by atoms with Gasteiger partial charge in [0.1, 0.15) is 0 Å². The van der Waals surface area contributed by atoms with Crippen LogP contribution >= 0.6 is 0 Å². The Bertz CT molecular complexity index is 1160. The Balaban J connectivity index is 1.66. The molecule has 1 aliphatic rings. The molecule has 2 heterocycles. The molecule has 0 bridgehead atoms. The number of benzene rings is 2. The molecular weight excluding hydrogens is 390 g/mol. The molecule has 0 saturated carbocycles. The lowest BCUT2D eigenvalue weighted by Gasteiger charge is -2.26. The van der Waals surface area contributed by atoms with E-state index in [0.29, 0.717) is 28.6 Å². The number of aromatic nitrogens is 1. The van der Waals surface area contributed by atoms with Crippen molar-refractivity contribution in [3.05, 3.63) is 69.5 Å². The predicted octanol–water partition coefficient (Wildman–Crippen LogP) is 3.45. The molecule has 1 saturated heterocycles. The Labute approximate surface area is 182 Å². The summed E-state index contributed by atoms with van der Waals surface area (Å²) in [6.45, 7) is 9.12. The minimum Gasteiger partial charge on any atom is -0.494 e. The van der Waals surface area contributed by atoms with Crippen LogP contribution in [0.5, 0.6) is 5.88 Å². The van der Waals surface area contributed by atoms with Gasteiger partial charge in [-0.3, -0.25) is 14.7 Å². The largest absolute Gasteiger partial charge is 0.494 e. The fourth-order valence-corrected chi connectivity index (χ4v) is 4.14. The van der Waals surface area contributed by atoms with E-state index in [-0.39, 0.29) is 11.4 Å². The number of morpholine rings is 1. The van der Waals surface area contributed by atoms with E-state index < -0.39 is 0 Å². The van der Waals surface area contributed by atoms with Gasteiger partial charge in [-0.25, -0.2) is 4.57 Å². The fourth-order valence-electron chi connectivity index (χ4n) is 4.14. The average Bonchev–Trinajstić information content (AvgIpc) is 2.78. The van der Waals surface area contributed by atoms with Crippen molar-refractivity contribution in [2.24, 2.45) is 4.99 Å². The van der Waals surface area contributed by atoms with Crippen LogP contribution in [0.15, 0.2) is 52.3 Å². The van der Waals surface area contributed by atoms with Crippen molar-refractivity contribution in [3.63, 3.8) is 0 Å². The van der Waals surface area contributed by atoms with E-state index >= 15 is 0 Å². The molecule has 0 unspecified atom stereocenters. The van der Waals surface area contributed by atoms with Crippen LogP contribution in [0.3, 0.4) is 0 Å². The van der Waals surface area contributed by atoms with Gasteiger partial charge in [0.2, 0.25) is 5.88 Å². The minimum absolute atomic E-state index is 0.0763. The molecule has 2 aromatic carbocycles. The SMILES string of the molecule is Cc1ccc(-n2c(O)c(C=NCCCN3CCOCC3)c3ccccc3c2=O)c(C)c1. The zero-order valence-electron chi connectivity index (χ0n) is 18.2. The Hall–Kier alpha value is -2.96. The van der Waals surface area contributed by atoms with Crippen molar-refractivity contribution >= 4 is 17.0 Å². The van der Waals surface area contributed by atoms with Crippen LogP contribution in [0.1, 0.15) is 23.1 Å². The van der Waals surface area contributed by atoms with E-state index in [1.165, 1.54) is 4.57 Å². The quantitative estimate of drug-likeness (QED) is 0.491. The van der Waals surface area contributed by atoms with Crippen molar-refractivity contribution in [3.8, 4) is 11.6 Å². The highest BCUT2D eigenvalue weighted by molar-refractivity contribution is 6.01. The highest BCUT2D eigenvalue weighted by Gasteiger charge is 2.17. The highest BCUT2D eigenvalue weighted by atomic mass is 16.5. The second kappa shape index (κ2) is 9.45. The zero-order valence-corrected chi connectivity index (χ0v) is 18.2. The number of hydrogen-bond donors (Lipinski definition) is 1. The Morgan fingerprint density at radius 1 is 1.10 bits per heavy atom. The first-order valence-corrected chi connectivity index (χ1v) is 10.8. The van der Waals surface area contributed by atoms with Crippen molar-refractivity contribution < 1.29 is 9.84 Å². The van der Waals surface area contributed by atoms with Crippen molar-refractivity contribution in [1.82, 2.24) is 9.47 Å². The van der Waals surface area contributed by atoms with Crippen LogP contribution in [-0.4, -0.2) is 60.2 Å². The van der Waals surface area contributed by atoms with E-state index in [4.69, 9.17) is 4.74 Å². The molecule has 0 aliphatic carbocycles. The molecule has 1 N–H and O–H groups in total. The van der Waals surface area contributed by atoms with Crippen molar-refractivity contribution in [2.45, 2.75) is 20.3 Å². The van der Waals surface area contributed by atoms with E-state index in [0.717, 1.165) is 50.4 Å². The molecular formula is C25H29N3O3. The lowest BCUT2D eigenvalue weighted by Crippen LogP contribution is -2.37. The smallest absolute Gasteiger partial charge is 0.265 e.